The fourth-order valence-electron chi connectivity index (χ4n) is 2.54. The maximum absolute atomic E-state index is 12.4. The molecule has 0 radical (unpaired) electrons. The minimum atomic E-state index is -3.45. The SMILES string of the molecule is CC1CCCCN1S(=O)(=O)Nc1ccc(CCN)cc1. The summed E-state index contributed by atoms with van der Waals surface area (Å²) in [6.45, 7) is 3.15. The molecule has 0 aliphatic carbocycles. The van der Waals surface area contributed by atoms with Crippen LogP contribution in [0, 0.1) is 0 Å². The van der Waals surface area contributed by atoms with Crippen LogP contribution in [0.4, 0.5) is 5.69 Å². The van der Waals surface area contributed by atoms with E-state index in [1.54, 1.807) is 16.4 Å². The van der Waals surface area contributed by atoms with Crippen LogP contribution >= 0.6 is 0 Å². The summed E-state index contributed by atoms with van der Waals surface area (Å²) in [5.41, 5.74) is 7.21. The third-order valence-corrected chi connectivity index (χ3v) is 5.34. The van der Waals surface area contributed by atoms with Crippen LogP contribution in [0.3, 0.4) is 0 Å². The van der Waals surface area contributed by atoms with E-state index in [9.17, 15) is 8.42 Å². The van der Waals surface area contributed by atoms with Crippen molar-refractivity contribution in [1.82, 2.24) is 4.31 Å². The highest BCUT2D eigenvalue weighted by atomic mass is 32.2. The quantitative estimate of drug-likeness (QED) is 0.869. The number of hydrogen-bond acceptors (Lipinski definition) is 3. The molecule has 5 nitrogen and oxygen atoms in total. The molecule has 1 fully saturated rings. The zero-order valence-corrected chi connectivity index (χ0v) is 12.7. The Bertz CT molecular complexity index is 528. The molecule has 1 aliphatic heterocycles. The van der Waals surface area contributed by atoms with E-state index in [0.29, 0.717) is 18.8 Å². The molecule has 1 saturated heterocycles. The molecule has 2 rings (SSSR count). The molecule has 0 spiro atoms. The van der Waals surface area contributed by atoms with Gasteiger partial charge in [-0.25, -0.2) is 0 Å². The predicted molar refractivity (Wildman–Crippen MR) is 81.8 cm³/mol. The van der Waals surface area contributed by atoms with Crippen LogP contribution in [-0.2, 0) is 16.6 Å². The molecule has 6 heteroatoms. The van der Waals surface area contributed by atoms with Gasteiger partial charge in [-0.2, -0.15) is 12.7 Å². The van der Waals surface area contributed by atoms with Crippen LogP contribution in [0.15, 0.2) is 24.3 Å². The lowest BCUT2D eigenvalue weighted by atomic mass is 10.1. The molecular weight excluding hydrogens is 274 g/mol. The highest BCUT2D eigenvalue weighted by molar-refractivity contribution is 7.90. The highest BCUT2D eigenvalue weighted by Gasteiger charge is 2.29. The molecule has 0 aromatic heterocycles. The monoisotopic (exact) mass is 297 g/mol. The summed E-state index contributed by atoms with van der Waals surface area (Å²) in [6, 6.07) is 7.46. The summed E-state index contributed by atoms with van der Waals surface area (Å²) in [5, 5.41) is 0. The second-order valence-electron chi connectivity index (χ2n) is 5.30. The Labute approximate surface area is 121 Å². The molecule has 0 bridgehead atoms. The Hall–Kier alpha value is -1.11. The van der Waals surface area contributed by atoms with Crippen molar-refractivity contribution in [1.29, 1.82) is 0 Å². The first-order valence-electron chi connectivity index (χ1n) is 7.11. The zero-order valence-electron chi connectivity index (χ0n) is 11.9. The van der Waals surface area contributed by atoms with Gasteiger partial charge in [0.25, 0.3) is 0 Å². The molecule has 3 N–H and O–H groups in total. The first kappa shape index (κ1) is 15.3. The number of nitrogens with two attached hydrogens (primary N) is 1. The Kier molecular flexibility index (Phi) is 5.01. The summed E-state index contributed by atoms with van der Waals surface area (Å²) in [7, 11) is -3.45. The summed E-state index contributed by atoms with van der Waals surface area (Å²) < 4.78 is 29.0. The minimum absolute atomic E-state index is 0.0674. The van der Waals surface area contributed by atoms with Gasteiger partial charge in [-0.1, -0.05) is 18.6 Å². The van der Waals surface area contributed by atoms with Gasteiger partial charge in [0.1, 0.15) is 0 Å². The Morgan fingerprint density at radius 3 is 2.60 bits per heavy atom. The van der Waals surface area contributed by atoms with Crippen LogP contribution in [0.5, 0.6) is 0 Å². The van der Waals surface area contributed by atoms with Gasteiger partial charge in [0.15, 0.2) is 0 Å². The molecule has 112 valence electrons. The van der Waals surface area contributed by atoms with E-state index in [1.807, 2.05) is 19.1 Å². The molecule has 0 saturated carbocycles. The third-order valence-electron chi connectivity index (χ3n) is 3.68. The van der Waals surface area contributed by atoms with Crippen molar-refractivity contribution < 1.29 is 8.42 Å². The molecule has 0 amide bonds. The Morgan fingerprint density at radius 1 is 1.30 bits per heavy atom. The van der Waals surface area contributed by atoms with Crippen molar-refractivity contribution in [2.75, 3.05) is 17.8 Å². The summed E-state index contributed by atoms with van der Waals surface area (Å²) in [6.07, 6.45) is 3.76. The molecule has 1 heterocycles. The molecule has 1 unspecified atom stereocenters. The molecule has 1 aromatic carbocycles. The zero-order chi connectivity index (χ0) is 14.6. The smallest absolute Gasteiger partial charge is 0.301 e. The van der Waals surface area contributed by atoms with Crippen molar-refractivity contribution in [3.05, 3.63) is 29.8 Å². The first-order chi connectivity index (χ1) is 9.53. The van der Waals surface area contributed by atoms with Gasteiger partial charge >= 0.3 is 10.2 Å². The fraction of sp³-hybridized carbons (Fsp3) is 0.571. The van der Waals surface area contributed by atoms with Crippen LogP contribution in [-0.4, -0.2) is 31.9 Å². The van der Waals surface area contributed by atoms with Crippen LogP contribution in [0.25, 0.3) is 0 Å². The fourth-order valence-corrected chi connectivity index (χ4v) is 4.04. The number of nitrogens with zero attached hydrogens (tertiary/aromatic N) is 1. The number of benzene rings is 1. The van der Waals surface area contributed by atoms with Gasteiger partial charge in [-0.05, 0) is 50.4 Å². The van der Waals surface area contributed by atoms with Gasteiger partial charge in [0.05, 0.1) is 0 Å². The largest absolute Gasteiger partial charge is 0.330 e. The Balaban J connectivity index is 2.07. The molecule has 1 aromatic rings. The van der Waals surface area contributed by atoms with Crippen molar-refractivity contribution in [3.8, 4) is 0 Å². The topological polar surface area (TPSA) is 75.4 Å². The summed E-state index contributed by atoms with van der Waals surface area (Å²) in [4.78, 5) is 0. The van der Waals surface area contributed by atoms with E-state index in [4.69, 9.17) is 5.73 Å². The second-order valence-corrected chi connectivity index (χ2v) is 6.92. The lowest BCUT2D eigenvalue weighted by Crippen LogP contribution is -2.44. The van der Waals surface area contributed by atoms with E-state index < -0.39 is 10.2 Å². The normalized spacial score (nSPS) is 20.8. The van der Waals surface area contributed by atoms with Gasteiger partial charge in [0, 0.05) is 18.3 Å². The van der Waals surface area contributed by atoms with Gasteiger partial charge < -0.3 is 5.73 Å². The second kappa shape index (κ2) is 6.56. The van der Waals surface area contributed by atoms with Crippen LogP contribution in [0.1, 0.15) is 31.7 Å². The average molecular weight is 297 g/mol. The van der Waals surface area contributed by atoms with E-state index in [1.165, 1.54) is 0 Å². The summed E-state index contributed by atoms with van der Waals surface area (Å²) >= 11 is 0. The van der Waals surface area contributed by atoms with Gasteiger partial charge in [-0.15, -0.1) is 0 Å². The highest BCUT2D eigenvalue weighted by Crippen LogP contribution is 2.21. The van der Waals surface area contributed by atoms with E-state index in [-0.39, 0.29) is 6.04 Å². The first-order valence-corrected chi connectivity index (χ1v) is 8.55. The number of hydrogen-bond donors (Lipinski definition) is 2. The Morgan fingerprint density at radius 2 is 2.00 bits per heavy atom. The maximum Gasteiger partial charge on any atom is 0.301 e. The number of piperidine rings is 1. The van der Waals surface area contributed by atoms with Crippen molar-refractivity contribution in [2.24, 2.45) is 5.73 Å². The standard InChI is InChI=1S/C14H23N3O2S/c1-12-4-2-3-11-17(12)20(18,19)16-14-7-5-13(6-8-14)9-10-15/h5-8,12,16H,2-4,9-11,15H2,1H3. The number of rotatable bonds is 5. The number of nitrogens with one attached hydrogen (secondary N) is 1. The molecule has 20 heavy (non-hydrogen) atoms. The van der Waals surface area contributed by atoms with Crippen molar-refractivity contribution in [2.45, 2.75) is 38.6 Å². The van der Waals surface area contributed by atoms with Crippen LogP contribution in [0.2, 0.25) is 0 Å². The van der Waals surface area contributed by atoms with Crippen molar-refractivity contribution in [3.63, 3.8) is 0 Å². The maximum atomic E-state index is 12.4. The van der Waals surface area contributed by atoms with Gasteiger partial charge in [0.2, 0.25) is 0 Å². The van der Waals surface area contributed by atoms with Crippen molar-refractivity contribution >= 4 is 15.9 Å². The predicted octanol–water partition coefficient (Wildman–Crippen LogP) is 1.72. The van der Waals surface area contributed by atoms with Crippen LogP contribution < -0.4 is 10.5 Å². The van der Waals surface area contributed by atoms with E-state index >= 15 is 0 Å². The van der Waals surface area contributed by atoms with Gasteiger partial charge in [-0.3, -0.25) is 4.72 Å². The third kappa shape index (κ3) is 3.71. The molecular formula is C14H23N3O2S. The molecule has 1 aliphatic rings. The number of anilines is 1. The van der Waals surface area contributed by atoms with E-state index in [0.717, 1.165) is 31.2 Å². The lowest BCUT2D eigenvalue weighted by Gasteiger charge is -2.32. The minimum Gasteiger partial charge on any atom is -0.330 e. The van der Waals surface area contributed by atoms with E-state index in [2.05, 4.69) is 4.72 Å². The summed E-state index contributed by atoms with van der Waals surface area (Å²) in [5.74, 6) is 0. The average Bonchev–Trinajstić information content (AvgIpc) is 2.41. The lowest BCUT2D eigenvalue weighted by molar-refractivity contribution is 0.270. The molecule has 1 atom stereocenters.